The van der Waals surface area contributed by atoms with Crippen LogP contribution in [0, 0.1) is 0 Å². The molecule has 0 bridgehead atoms. The number of nitrogens with zero attached hydrogens (tertiary/aromatic N) is 1. The third-order valence-electron chi connectivity index (χ3n) is 15.8. The number of rotatable bonds is 7. The molecule has 0 saturated heterocycles. The first-order valence-corrected chi connectivity index (χ1v) is 24.1. The van der Waals surface area contributed by atoms with Gasteiger partial charge >= 0.3 is 0 Å². The second-order valence-corrected chi connectivity index (χ2v) is 20.0. The van der Waals surface area contributed by atoms with Crippen LogP contribution < -0.4 is 4.90 Å². The summed E-state index contributed by atoms with van der Waals surface area (Å²) < 4.78 is 0. The van der Waals surface area contributed by atoms with Crippen LogP contribution in [-0.2, 0) is 16.2 Å². The minimum atomic E-state index is -0.524. The van der Waals surface area contributed by atoms with Crippen molar-refractivity contribution in [2.75, 3.05) is 4.90 Å². The molecule has 1 nitrogen and oxygen atoms in total. The van der Waals surface area contributed by atoms with Gasteiger partial charge in [0, 0.05) is 27.8 Å². The molecule has 0 aliphatic heterocycles. The van der Waals surface area contributed by atoms with Crippen molar-refractivity contribution in [1.82, 2.24) is 0 Å². The molecular weight excluding hydrogens is 819 g/mol. The van der Waals surface area contributed by atoms with Crippen LogP contribution in [0.1, 0.15) is 72.2 Å². The molecule has 0 spiro atoms. The van der Waals surface area contributed by atoms with E-state index in [0.717, 1.165) is 17.1 Å². The summed E-state index contributed by atoms with van der Waals surface area (Å²) in [6.45, 7) is 9.68. The highest BCUT2D eigenvalue weighted by Gasteiger charge is 2.47. The highest BCUT2D eigenvalue weighted by molar-refractivity contribution is 5.98. The fraction of sp³-hybridized carbons (Fsp3) is 0.104. The number of hydrogen-bond donors (Lipinski definition) is 0. The van der Waals surface area contributed by atoms with Gasteiger partial charge in [0.15, 0.2) is 0 Å². The van der Waals surface area contributed by atoms with Crippen molar-refractivity contribution >= 4 is 17.1 Å². The average molecular weight is 870 g/mol. The molecule has 0 amide bonds. The van der Waals surface area contributed by atoms with Crippen molar-refractivity contribution in [3.63, 3.8) is 0 Å². The molecule has 10 aromatic rings. The smallest absolute Gasteiger partial charge is 0.0714 e. The highest BCUT2D eigenvalue weighted by atomic mass is 15.1. The molecule has 0 saturated carbocycles. The topological polar surface area (TPSA) is 3.24 Å². The van der Waals surface area contributed by atoms with Gasteiger partial charge in [-0.05, 0) is 137 Å². The van der Waals surface area contributed by atoms with E-state index in [-0.39, 0.29) is 10.8 Å². The molecule has 0 aromatic heterocycles. The molecule has 0 unspecified atom stereocenters. The average Bonchev–Trinajstić information content (AvgIpc) is 3.91. The Kier molecular flexibility index (Phi) is 8.89. The quantitative estimate of drug-likeness (QED) is 0.154. The van der Waals surface area contributed by atoms with Crippen molar-refractivity contribution in [3.8, 4) is 55.6 Å². The van der Waals surface area contributed by atoms with Gasteiger partial charge in [0.25, 0.3) is 0 Å². The number of benzene rings is 10. The van der Waals surface area contributed by atoms with E-state index >= 15 is 0 Å². The van der Waals surface area contributed by atoms with E-state index in [4.69, 9.17) is 0 Å². The number of para-hydroxylation sites is 1. The Morgan fingerprint density at radius 1 is 0.279 bits per heavy atom. The summed E-state index contributed by atoms with van der Waals surface area (Å²) in [6, 6.07) is 88.5. The van der Waals surface area contributed by atoms with Gasteiger partial charge in [-0.1, -0.05) is 222 Å². The zero-order chi connectivity index (χ0) is 45.8. The molecule has 1 heteroatoms. The van der Waals surface area contributed by atoms with Crippen LogP contribution >= 0.6 is 0 Å². The first kappa shape index (κ1) is 40.3. The second-order valence-electron chi connectivity index (χ2n) is 20.0. The lowest BCUT2D eigenvalue weighted by Crippen LogP contribution is -2.28. The largest absolute Gasteiger partial charge is 0.310 e. The SMILES string of the molecule is CC1(C)c2cc(N(c3ccc4c(c3)C(c3ccccc3)(c3ccccc3)c3ccccc3-4)c3ccccc3-c3ccccc3)ccc2-c2cc3c(cc21)-c1c(-c2ccccc2)cccc1C3(C)C. The Morgan fingerprint density at radius 2 is 0.706 bits per heavy atom. The van der Waals surface area contributed by atoms with Crippen LogP contribution in [-0.4, -0.2) is 0 Å². The van der Waals surface area contributed by atoms with Gasteiger partial charge in [-0.3, -0.25) is 0 Å². The Bertz CT molecular complexity index is 3560. The maximum absolute atomic E-state index is 2.55. The third-order valence-corrected chi connectivity index (χ3v) is 15.8. The number of fused-ring (bicyclic) bond motifs is 9. The molecule has 68 heavy (non-hydrogen) atoms. The molecule has 324 valence electrons. The summed E-state index contributed by atoms with van der Waals surface area (Å²) in [5.74, 6) is 0. The first-order chi connectivity index (χ1) is 33.3. The second kappa shape index (κ2) is 15.0. The lowest BCUT2D eigenvalue weighted by Gasteiger charge is -2.35. The Hall–Kier alpha value is -8.00. The van der Waals surface area contributed by atoms with Gasteiger partial charge in [-0.25, -0.2) is 0 Å². The predicted molar refractivity (Wildman–Crippen MR) is 284 cm³/mol. The predicted octanol–water partition coefficient (Wildman–Crippen LogP) is 17.5. The molecule has 0 radical (unpaired) electrons. The lowest BCUT2D eigenvalue weighted by molar-refractivity contribution is 0.652. The maximum atomic E-state index is 2.55. The van der Waals surface area contributed by atoms with Crippen LogP contribution in [0.15, 0.2) is 237 Å². The summed E-state index contributed by atoms with van der Waals surface area (Å²) in [4.78, 5) is 2.52. The van der Waals surface area contributed by atoms with Gasteiger partial charge < -0.3 is 4.90 Å². The molecule has 0 heterocycles. The van der Waals surface area contributed by atoms with Gasteiger partial charge in [0.2, 0.25) is 0 Å². The molecule has 3 aliphatic carbocycles. The van der Waals surface area contributed by atoms with E-state index in [1.54, 1.807) is 0 Å². The summed E-state index contributed by atoms with van der Waals surface area (Å²) in [7, 11) is 0. The minimum Gasteiger partial charge on any atom is -0.310 e. The summed E-state index contributed by atoms with van der Waals surface area (Å²) in [5, 5.41) is 0. The summed E-state index contributed by atoms with van der Waals surface area (Å²) >= 11 is 0. The van der Waals surface area contributed by atoms with Crippen molar-refractivity contribution in [3.05, 3.63) is 281 Å². The van der Waals surface area contributed by atoms with E-state index in [0.29, 0.717) is 0 Å². The van der Waals surface area contributed by atoms with Crippen molar-refractivity contribution in [1.29, 1.82) is 0 Å². The Morgan fingerprint density at radius 3 is 1.35 bits per heavy atom. The van der Waals surface area contributed by atoms with Crippen molar-refractivity contribution < 1.29 is 0 Å². The Labute approximate surface area is 400 Å². The molecule has 0 atom stereocenters. The van der Waals surface area contributed by atoms with Crippen LogP contribution in [0.4, 0.5) is 17.1 Å². The normalized spacial score (nSPS) is 14.8. The summed E-state index contributed by atoms with van der Waals surface area (Å²) in [6.07, 6.45) is 0. The maximum Gasteiger partial charge on any atom is 0.0714 e. The van der Waals surface area contributed by atoms with E-state index in [1.807, 2.05) is 0 Å². The molecule has 3 aliphatic rings. The monoisotopic (exact) mass is 869 g/mol. The van der Waals surface area contributed by atoms with Gasteiger partial charge in [0.05, 0.1) is 11.1 Å². The fourth-order valence-corrected chi connectivity index (χ4v) is 12.5. The van der Waals surface area contributed by atoms with Gasteiger partial charge in [0.1, 0.15) is 0 Å². The zero-order valence-electron chi connectivity index (χ0n) is 39.0. The molecule has 10 aromatic carbocycles. The van der Waals surface area contributed by atoms with Crippen LogP contribution in [0.3, 0.4) is 0 Å². The van der Waals surface area contributed by atoms with E-state index in [1.165, 1.54) is 100 Å². The standard InChI is InChI=1S/C67H51N/c1-65(2)58-34-21-32-51(45-24-11-6-12-25-45)64(58)56-43-60-55(42-61(56)65)54-39-37-48(40-59(54)66(60,3)4)68(63-35-20-18-30-50(63)44-22-9-5-10-23-44)49-36-38-53-52-31-17-19-33-57(52)67(62(53)41-49,46-26-13-7-14-27-46)47-28-15-8-16-29-47/h5-43H,1-4H3. The van der Waals surface area contributed by atoms with Crippen LogP contribution in [0.25, 0.3) is 55.6 Å². The van der Waals surface area contributed by atoms with Crippen molar-refractivity contribution in [2.24, 2.45) is 0 Å². The summed E-state index contributed by atoms with van der Waals surface area (Å²) in [5.41, 5.74) is 26.0. The van der Waals surface area contributed by atoms with Gasteiger partial charge in [-0.2, -0.15) is 0 Å². The highest BCUT2D eigenvalue weighted by Crippen LogP contribution is 2.60. The van der Waals surface area contributed by atoms with Crippen molar-refractivity contribution in [2.45, 2.75) is 43.9 Å². The molecular formula is C67H51N. The molecule has 0 fully saturated rings. The fourth-order valence-electron chi connectivity index (χ4n) is 12.5. The Balaban J connectivity index is 1.03. The number of hydrogen-bond acceptors (Lipinski definition) is 1. The first-order valence-electron chi connectivity index (χ1n) is 24.1. The van der Waals surface area contributed by atoms with Gasteiger partial charge in [-0.15, -0.1) is 0 Å². The van der Waals surface area contributed by atoms with Crippen LogP contribution in [0.5, 0.6) is 0 Å². The van der Waals surface area contributed by atoms with Crippen LogP contribution in [0.2, 0.25) is 0 Å². The third kappa shape index (κ3) is 5.69. The van der Waals surface area contributed by atoms with E-state index in [2.05, 4.69) is 269 Å². The molecule has 0 N–H and O–H groups in total. The van der Waals surface area contributed by atoms with E-state index < -0.39 is 5.41 Å². The lowest BCUT2D eigenvalue weighted by atomic mass is 9.67. The van der Waals surface area contributed by atoms with E-state index in [9.17, 15) is 0 Å². The molecule has 13 rings (SSSR count). The zero-order valence-corrected chi connectivity index (χ0v) is 39.0. The minimum absolute atomic E-state index is 0.142. The number of anilines is 3.